The Morgan fingerprint density at radius 2 is 1.71 bits per heavy atom. The average Bonchev–Trinajstić information content (AvgIpc) is 3.24. The zero-order chi connectivity index (χ0) is 19.9. The Bertz CT molecular complexity index is 1220. The van der Waals surface area contributed by atoms with Crippen molar-refractivity contribution in [3.05, 3.63) is 86.3 Å². The van der Waals surface area contributed by atoms with Crippen LogP contribution in [0.4, 0.5) is 0 Å². The molecular formula is C25H27Cl2O2SiZr. The van der Waals surface area contributed by atoms with Crippen molar-refractivity contribution in [1.82, 2.24) is 0 Å². The predicted molar refractivity (Wildman–Crippen MR) is 118 cm³/mol. The average molecular weight is 550 g/mol. The van der Waals surface area contributed by atoms with Gasteiger partial charge in [-0.05, 0) is 52.1 Å². The first-order valence-corrected chi connectivity index (χ1v) is 13.3. The maximum Gasteiger partial charge on any atom is 3.00 e. The van der Waals surface area contributed by atoms with Crippen LogP contribution in [-0.2, 0) is 35.4 Å². The second kappa shape index (κ2) is 11.3. The van der Waals surface area contributed by atoms with Crippen LogP contribution in [0.25, 0.3) is 17.2 Å². The minimum absolute atomic E-state index is 0. The Balaban J connectivity index is 0.00000160. The maximum atomic E-state index is 5.88. The number of halogens is 2. The summed E-state index contributed by atoms with van der Waals surface area (Å²) in [5.74, 6) is 0.904. The number of benzene rings is 2. The number of hydrogen-bond donors (Lipinski definition) is 0. The molecule has 2 aromatic carbocycles. The molecule has 161 valence electrons. The van der Waals surface area contributed by atoms with E-state index in [0.717, 1.165) is 12.2 Å². The van der Waals surface area contributed by atoms with Crippen molar-refractivity contribution in [2.45, 2.75) is 39.9 Å². The van der Waals surface area contributed by atoms with Gasteiger partial charge in [0.05, 0.1) is 0 Å². The maximum absolute atomic E-state index is 5.88. The van der Waals surface area contributed by atoms with E-state index in [4.69, 9.17) is 9.16 Å². The molecule has 2 aliphatic rings. The summed E-state index contributed by atoms with van der Waals surface area (Å²) in [7, 11) is -1.57. The first-order valence-electron chi connectivity index (χ1n) is 9.85. The minimum Gasteiger partial charge on any atom is -1.00 e. The third-order valence-corrected chi connectivity index (χ3v) is 6.08. The SMILES string of the molecule is CC(C)=c1ccc2c(c1C1=CC(OCO[Si](C)(C)C)=CC1)[C-]=c1ccccc1=2.[Cl-].[Cl-].[Zr+3]. The zero-order valence-electron chi connectivity index (χ0n) is 18.6. The van der Waals surface area contributed by atoms with Gasteiger partial charge in [0, 0.05) is 0 Å². The fourth-order valence-corrected chi connectivity index (χ4v) is 4.13. The van der Waals surface area contributed by atoms with Crippen LogP contribution in [0.5, 0.6) is 0 Å². The Hall–Kier alpha value is -0.900. The Labute approximate surface area is 217 Å². The van der Waals surface area contributed by atoms with Gasteiger partial charge in [0.25, 0.3) is 0 Å². The van der Waals surface area contributed by atoms with E-state index in [0.29, 0.717) is 6.79 Å². The molecule has 31 heavy (non-hydrogen) atoms. The van der Waals surface area contributed by atoms with Gasteiger partial charge in [-0.1, -0.05) is 52.3 Å². The number of ether oxygens (including phenoxy) is 1. The quantitative estimate of drug-likeness (QED) is 0.224. The Morgan fingerprint density at radius 3 is 2.39 bits per heavy atom. The molecular weight excluding hydrogens is 522 g/mol. The van der Waals surface area contributed by atoms with E-state index in [2.05, 4.69) is 88.1 Å². The summed E-state index contributed by atoms with van der Waals surface area (Å²) in [4.78, 5) is 0. The van der Waals surface area contributed by atoms with Gasteiger partial charge in [-0.2, -0.15) is 0 Å². The van der Waals surface area contributed by atoms with E-state index in [1.54, 1.807) is 0 Å². The van der Waals surface area contributed by atoms with Crippen LogP contribution in [0.1, 0.15) is 31.4 Å². The van der Waals surface area contributed by atoms with Crippen LogP contribution in [0, 0.1) is 10.4 Å². The molecule has 0 amide bonds. The summed E-state index contributed by atoms with van der Waals surface area (Å²) in [5, 5.41) is 5.01. The molecule has 0 saturated heterocycles. The van der Waals surface area contributed by atoms with E-state index in [1.807, 2.05) is 0 Å². The van der Waals surface area contributed by atoms with Gasteiger partial charge >= 0.3 is 26.2 Å². The van der Waals surface area contributed by atoms with Crippen molar-refractivity contribution >= 4 is 25.5 Å². The van der Waals surface area contributed by atoms with Crippen molar-refractivity contribution in [3.63, 3.8) is 0 Å². The third-order valence-electron chi connectivity index (χ3n) is 5.10. The van der Waals surface area contributed by atoms with Crippen molar-refractivity contribution < 1.29 is 60.2 Å². The number of allylic oxidation sites excluding steroid dienone is 3. The largest absolute Gasteiger partial charge is 3.00 e. The fourth-order valence-electron chi connectivity index (χ4n) is 3.72. The van der Waals surface area contributed by atoms with Gasteiger partial charge < -0.3 is 34.0 Å². The summed E-state index contributed by atoms with van der Waals surface area (Å²) in [6.45, 7) is 11.2. The Morgan fingerprint density at radius 1 is 1.00 bits per heavy atom. The molecule has 1 radical (unpaired) electrons. The molecule has 0 aromatic heterocycles. The van der Waals surface area contributed by atoms with Crippen LogP contribution in [0.15, 0.2) is 54.3 Å². The van der Waals surface area contributed by atoms with E-state index in [9.17, 15) is 0 Å². The van der Waals surface area contributed by atoms with Crippen molar-refractivity contribution in [3.8, 4) is 0 Å². The normalized spacial score (nSPS) is 13.3. The van der Waals surface area contributed by atoms with E-state index in [1.165, 1.54) is 43.1 Å². The van der Waals surface area contributed by atoms with Gasteiger partial charge in [-0.15, -0.1) is 33.4 Å². The molecule has 0 unspecified atom stereocenters. The molecule has 0 aliphatic heterocycles. The predicted octanol–water partition coefficient (Wildman–Crippen LogP) is -1.31. The number of rotatable bonds is 5. The van der Waals surface area contributed by atoms with E-state index in [-0.39, 0.29) is 51.0 Å². The molecule has 0 fully saturated rings. The molecule has 0 heterocycles. The molecule has 2 nitrogen and oxygen atoms in total. The fraction of sp³-hybridized carbons (Fsp3) is 0.280. The van der Waals surface area contributed by atoms with Crippen LogP contribution in [-0.4, -0.2) is 15.1 Å². The molecule has 0 atom stereocenters. The molecule has 0 spiro atoms. The van der Waals surface area contributed by atoms with Crippen LogP contribution >= 0.6 is 0 Å². The van der Waals surface area contributed by atoms with Gasteiger partial charge in [-0.3, -0.25) is 0 Å². The second-order valence-electron chi connectivity index (χ2n) is 8.58. The molecule has 0 saturated carbocycles. The first-order chi connectivity index (χ1) is 13.3. The van der Waals surface area contributed by atoms with E-state index >= 15 is 0 Å². The monoisotopic (exact) mass is 547 g/mol. The molecule has 4 rings (SSSR count). The topological polar surface area (TPSA) is 18.5 Å². The van der Waals surface area contributed by atoms with Gasteiger partial charge in [-0.25, -0.2) is 0 Å². The standard InChI is InChI=1S/C25H27O2Si.2ClH.Zr/c1-17(2)21-12-13-23-22-9-7-6-8-18(22)15-24(23)25(21)19-10-11-20(14-19)26-16-27-28(3,4)5;;;/h6-9,11-14H,10,16H2,1-5H3;2*1H;/q-1;;;+3/p-2. The molecule has 2 aliphatic carbocycles. The van der Waals surface area contributed by atoms with Crippen molar-refractivity contribution in [2.75, 3.05) is 6.79 Å². The zero-order valence-corrected chi connectivity index (χ0v) is 23.6. The molecule has 0 N–H and O–H groups in total. The van der Waals surface area contributed by atoms with Crippen LogP contribution in [0.2, 0.25) is 19.6 Å². The summed E-state index contributed by atoms with van der Waals surface area (Å²) < 4.78 is 11.7. The molecule has 2 aromatic rings. The van der Waals surface area contributed by atoms with Gasteiger partial charge in [0.2, 0.25) is 0 Å². The van der Waals surface area contributed by atoms with Crippen LogP contribution < -0.4 is 35.3 Å². The summed E-state index contributed by atoms with van der Waals surface area (Å²) in [5.41, 5.74) is 5.10. The van der Waals surface area contributed by atoms with Crippen LogP contribution in [0.3, 0.4) is 0 Å². The van der Waals surface area contributed by atoms with Gasteiger partial charge in [0.15, 0.2) is 15.1 Å². The van der Waals surface area contributed by atoms with E-state index < -0.39 is 8.32 Å². The first kappa shape index (κ1) is 28.1. The third kappa shape index (κ3) is 6.12. The van der Waals surface area contributed by atoms with Crippen molar-refractivity contribution in [1.29, 1.82) is 0 Å². The molecule has 0 bridgehead atoms. The van der Waals surface area contributed by atoms with Gasteiger partial charge in [0.1, 0.15) is 5.76 Å². The summed E-state index contributed by atoms with van der Waals surface area (Å²) >= 11 is 0. The molecule has 6 heteroatoms. The minimum atomic E-state index is -1.57. The summed E-state index contributed by atoms with van der Waals surface area (Å²) in [6, 6.07) is 13.0. The van der Waals surface area contributed by atoms with Crippen molar-refractivity contribution in [2.24, 2.45) is 0 Å². The Kier molecular flexibility index (Phi) is 10.3. The number of hydrogen-bond acceptors (Lipinski definition) is 2. The summed E-state index contributed by atoms with van der Waals surface area (Å²) in [6.07, 6.45) is 8.85. The smallest absolute Gasteiger partial charge is 1.00 e. The number of fused-ring (bicyclic) bond motifs is 2. The second-order valence-corrected chi connectivity index (χ2v) is 13.1.